The lowest BCUT2D eigenvalue weighted by molar-refractivity contribution is -0.183. The second kappa shape index (κ2) is 10.5. The first kappa shape index (κ1) is 27.1. The average Bonchev–Trinajstić information content (AvgIpc) is 3.40. The van der Waals surface area contributed by atoms with E-state index in [1.54, 1.807) is 0 Å². The van der Waals surface area contributed by atoms with E-state index in [2.05, 4.69) is 10.3 Å². The van der Waals surface area contributed by atoms with Crippen molar-refractivity contribution >= 4 is 51.9 Å². The van der Waals surface area contributed by atoms with E-state index in [-0.39, 0.29) is 33.3 Å². The molecule has 2 aliphatic rings. The Balaban J connectivity index is 1.67. The van der Waals surface area contributed by atoms with Crippen molar-refractivity contribution in [1.29, 1.82) is 0 Å². The number of carbonyl (C=O) groups excluding carboxylic acids is 2. The molecule has 1 amide bonds. The molecule has 194 valence electrons. The van der Waals surface area contributed by atoms with Gasteiger partial charge in [0.25, 0.3) is 5.91 Å². The monoisotopic (exact) mass is 558 g/mol. The summed E-state index contributed by atoms with van der Waals surface area (Å²) in [5.41, 5.74) is -0.204. The summed E-state index contributed by atoms with van der Waals surface area (Å²) in [6, 6.07) is 3.91. The van der Waals surface area contributed by atoms with Crippen molar-refractivity contribution in [2.45, 2.75) is 75.9 Å². The fraction of sp³-hybridized carbons (Fsp3) is 0.500. The maximum Gasteiger partial charge on any atom is 0.398 e. The van der Waals surface area contributed by atoms with E-state index in [1.807, 2.05) is 0 Å². The molecule has 1 aromatic carbocycles. The highest BCUT2D eigenvalue weighted by Crippen LogP contribution is 2.47. The number of Topliss-reactive ketones (excluding diaryl/α,β-unsaturated/α-hetero) is 1. The van der Waals surface area contributed by atoms with Crippen LogP contribution in [0.2, 0.25) is 10.0 Å². The van der Waals surface area contributed by atoms with Crippen molar-refractivity contribution < 1.29 is 22.8 Å². The maximum absolute atomic E-state index is 14.5. The Hall–Kier alpha value is -1.90. The Bertz CT molecular complexity index is 1190. The van der Waals surface area contributed by atoms with Crippen LogP contribution in [0.3, 0.4) is 0 Å². The van der Waals surface area contributed by atoms with Crippen LogP contribution < -0.4 is 5.32 Å². The molecule has 4 rings (SSSR count). The number of aliphatic imine (C=N–C) groups is 1. The van der Waals surface area contributed by atoms with Gasteiger partial charge in [-0.15, -0.1) is 11.3 Å². The van der Waals surface area contributed by atoms with Crippen LogP contribution >= 0.6 is 34.5 Å². The van der Waals surface area contributed by atoms with Gasteiger partial charge in [0.2, 0.25) is 0 Å². The molecule has 0 spiro atoms. The molecule has 0 unspecified atom stereocenters. The molecule has 0 bridgehead atoms. The SMILES string of the molecule is CN=C(C[C@@](C)(c1cc(Cl)cc(Cl)c1)C(F)(F)F)c1sc(C(=O)NC2CCC(=O)CC2)c2c1CCC2. The zero-order valence-corrected chi connectivity index (χ0v) is 22.4. The molecule has 1 heterocycles. The van der Waals surface area contributed by atoms with Gasteiger partial charge in [-0.1, -0.05) is 23.2 Å². The third kappa shape index (κ3) is 5.36. The van der Waals surface area contributed by atoms with Crippen LogP contribution in [0, 0.1) is 0 Å². The van der Waals surface area contributed by atoms with E-state index < -0.39 is 18.0 Å². The number of rotatable bonds is 6. The maximum atomic E-state index is 14.5. The summed E-state index contributed by atoms with van der Waals surface area (Å²) in [5.74, 6) is -0.0169. The standard InChI is InChI=1S/C26H27Cl2F3N2O2S/c1-25(26(29,30)31,14-10-15(27)12-16(28)11-14)13-21(32-2)22-19-4-3-5-20(19)23(36-22)24(35)33-17-6-8-18(34)9-7-17/h10-12,17H,3-9,13H2,1-2H3,(H,33,35)/t25-/m0/s1. The van der Waals surface area contributed by atoms with Crippen LogP contribution in [0.5, 0.6) is 0 Å². The van der Waals surface area contributed by atoms with E-state index in [0.29, 0.717) is 54.0 Å². The van der Waals surface area contributed by atoms with Crippen molar-refractivity contribution in [3.63, 3.8) is 0 Å². The van der Waals surface area contributed by atoms with Crippen molar-refractivity contribution in [1.82, 2.24) is 5.32 Å². The number of thiophene rings is 1. The van der Waals surface area contributed by atoms with Crippen LogP contribution in [0.4, 0.5) is 13.2 Å². The largest absolute Gasteiger partial charge is 0.398 e. The number of fused-ring (bicyclic) bond motifs is 1. The number of hydrogen-bond donors (Lipinski definition) is 1. The molecule has 0 aliphatic heterocycles. The number of benzene rings is 1. The van der Waals surface area contributed by atoms with E-state index in [9.17, 15) is 22.8 Å². The van der Waals surface area contributed by atoms with E-state index in [4.69, 9.17) is 23.2 Å². The molecule has 1 aromatic heterocycles. The van der Waals surface area contributed by atoms with Crippen molar-refractivity contribution in [2.75, 3.05) is 7.05 Å². The van der Waals surface area contributed by atoms with Gasteiger partial charge in [0.15, 0.2) is 0 Å². The van der Waals surface area contributed by atoms with E-state index >= 15 is 0 Å². The van der Waals surface area contributed by atoms with Crippen LogP contribution in [0.25, 0.3) is 0 Å². The van der Waals surface area contributed by atoms with E-state index in [1.165, 1.54) is 36.6 Å². The molecule has 2 aliphatic carbocycles. The molecule has 1 fully saturated rings. The van der Waals surface area contributed by atoms with E-state index in [0.717, 1.165) is 24.5 Å². The van der Waals surface area contributed by atoms with Crippen molar-refractivity contribution in [3.8, 4) is 0 Å². The Morgan fingerprint density at radius 3 is 2.19 bits per heavy atom. The fourth-order valence-corrected chi connectivity index (χ4v) is 6.92. The lowest BCUT2D eigenvalue weighted by Crippen LogP contribution is -2.41. The minimum Gasteiger partial charge on any atom is -0.349 e. The highest BCUT2D eigenvalue weighted by atomic mass is 35.5. The highest BCUT2D eigenvalue weighted by molar-refractivity contribution is 7.16. The topological polar surface area (TPSA) is 58.5 Å². The normalized spacial score (nSPS) is 18.8. The molecule has 0 radical (unpaired) electrons. The average molecular weight is 559 g/mol. The molecule has 1 atom stereocenters. The second-order valence-corrected chi connectivity index (χ2v) is 11.6. The first-order chi connectivity index (χ1) is 16.9. The minimum atomic E-state index is -4.60. The van der Waals surface area contributed by atoms with Gasteiger partial charge in [-0.25, -0.2) is 0 Å². The van der Waals surface area contributed by atoms with Gasteiger partial charge < -0.3 is 5.32 Å². The predicted molar refractivity (Wildman–Crippen MR) is 138 cm³/mol. The fourth-order valence-electron chi connectivity index (χ4n) is 5.06. The number of nitrogens with one attached hydrogen (secondary N) is 1. The number of hydrogen-bond acceptors (Lipinski definition) is 4. The van der Waals surface area contributed by atoms with Gasteiger partial charge in [0.05, 0.1) is 20.9 Å². The number of halogens is 5. The predicted octanol–water partition coefficient (Wildman–Crippen LogP) is 7.11. The van der Waals surface area contributed by atoms with Gasteiger partial charge in [0, 0.05) is 42.4 Å². The highest BCUT2D eigenvalue weighted by Gasteiger charge is 2.53. The third-order valence-electron chi connectivity index (χ3n) is 7.23. The lowest BCUT2D eigenvalue weighted by atomic mass is 9.76. The van der Waals surface area contributed by atoms with Crippen LogP contribution in [-0.2, 0) is 23.1 Å². The van der Waals surface area contributed by atoms with Crippen molar-refractivity contribution in [2.24, 2.45) is 4.99 Å². The zero-order chi connectivity index (χ0) is 26.3. The molecule has 1 N–H and O–H groups in total. The molecule has 0 saturated heterocycles. The molecule has 2 aromatic rings. The smallest absolute Gasteiger partial charge is 0.349 e. The first-order valence-electron chi connectivity index (χ1n) is 11.9. The molecule has 4 nitrogen and oxygen atoms in total. The van der Waals surface area contributed by atoms with Crippen LogP contribution in [-0.4, -0.2) is 36.7 Å². The Kier molecular flexibility index (Phi) is 7.89. The quantitative estimate of drug-likeness (QED) is 0.384. The number of alkyl halides is 3. The zero-order valence-electron chi connectivity index (χ0n) is 20.0. The summed E-state index contributed by atoms with van der Waals surface area (Å²) < 4.78 is 43.6. The number of carbonyl (C=O) groups is 2. The number of ketones is 1. The van der Waals surface area contributed by atoms with Crippen molar-refractivity contribution in [3.05, 3.63) is 54.7 Å². The molecule has 36 heavy (non-hydrogen) atoms. The van der Waals surface area contributed by atoms with Gasteiger partial charge in [-0.2, -0.15) is 13.2 Å². The molecular weight excluding hydrogens is 532 g/mol. The summed E-state index contributed by atoms with van der Waals surface area (Å²) in [5, 5.41) is 3.29. The van der Waals surface area contributed by atoms with Gasteiger partial charge >= 0.3 is 6.18 Å². The molecule has 10 heteroatoms. The Labute approximate surface area is 222 Å². The first-order valence-corrected chi connectivity index (χ1v) is 13.5. The summed E-state index contributed by atoms with van der Waals surface area (Å²) >= 11 is 13.3. The second-order valence-electron chi connectivity index (χ2n) is 9.69. The lowest BCUT2D eigenvalue weighted by Gasteiger charge is -2.33. The van der Waals surface area contributed by atoms with Gasteiger partial charge in [-0.3, -0.25) is 14.6 Å². The summed E-state index contributed by atoms with van der Waals surface area (Å²) in [6.45, 7) is 1.13. The number of nitrogens with zero attached hydrogens (tertiary/aromatic N) is 1. The van der Waals surface area contributed by atoms with Gasteiger partial charge in [0.1, 0.15) is 5.78 Å². The third-order valence-corrected chi connectivity index (χ3v) is 8.99. The Morgan fingerprint density at radius 2 is 1.64 bits per heavy atom. The van der Waals surface area contributed by atoms with Crippen LogP contribution in [0.1, 0.15) is 76.7 Å². The molecule has 1 saturated carbocycles. The number of amides is 1. The minimum absolute atomic E-state index is 0.0355. The van der Waals surface area contributed by atoms with Gasteiger partial charge in [-0.05, 0) is 73.9 Å². The summed E-state index contributed by atoms with van der Waals surface area (Å²) in [6.07, 6.45) is -0.660. The van der Waals surface area contributed by atoms with Crippen LogP contribution in [0.15, 0.2) is 23.2 Å². The molecular formula is C26H27Cl2F3N2O2S. The summed E-state index contributed by atoms with van der Waals surface area (Å²) in [4.78, 5) is 30.2. The summed E-state index contributed by atoms with van der Waals surface area (Å²) in [7, 11) is 1.48. The Morgan fingerprint density at radius 1 is 1.06 bits per heavy atom.